The summed E-state index contributed by atoms with van der Waals surface area (Å²) in [5, 5.41) is 2.81. The maximum absolute atomic E-state index is 13.6. The number of thiazole rings is 1. The number of hydrogen-bond acceptors (Lipinski definition) is 4. The van der Waals surface area contributed by atoms with Crippen molar-refractivity contribution in [1.82, 2.24) is 9.88 Å². The van der Waals surface area contributed by atoms with Gasteiger partial charge in [-0.3, -0.25) is 9.69 Å². The van der Waals surface area contributed by atoms with Crippen molar-refractivity contribution in [2.45, 2.75) is 6.42 Å². The van der Waals surface area contributed by atoms with E-state index in [1.807, 2.05) is 49.3 Å². The van der Waals surface area contributed by atoms with E-state index in [1.165, 1.54) is 23.5 Å². The molecule has 0 aliphatic heterocycles. The average Bonchev–Trinajstić information content (AvgIpc) is 3.11. The van der Waals surface area contributed by atoms with Crippen molar-refractivity contribution in [3.8, 4) is 0 Å². The minimum atomic E-state index is -0.297. The van der Waals surface area contributed by atoms with Gasteiger partial charge in [0, 0.05) is 13.1 Å². The summed E-state index contributed by atoms with van der Waals surface area (Å²) < 4.78 is 14.3. The third-order valence-electron chi connectivity index (χ3n) is 4.86. The summed E-state index contributed by atoms with van der Waals surface area (Å²) in [5.41, 5.74) is 1.70. The Kier molecular flexibility index (Phi) is 7.02. The molecule has 1 amide bonds. The number of aromatic nitrogens is 1. The maximum Gasteiger partial charge on any atom is 0.233 e. The van der Waals surface area contributed by atoms with Crippen LogP contribution in [0.3, 0.4) is 0 Å². The van der Waals surface area contributed by atoms with Gasteiger partial charge in [0.05, 0.1) is 16.6 Å². The highest BCUT2D eigenvalue weighted by molar-refractivity contribution is 7.22. The molecule has 1 heterocycles. The number of halogens is 2. The van der Waals surface area contributed by atoms with Gasteiger partial charge in [0.2, 0.25) is 5.91 Å². The molecule has 30 heavy (non-hydrogen) atoms. The molecule has 1 aromatic heterocycles. The first kappa shape index (κ1) is 22.2. The van der Waals surface area contributed by atoms with Crippen molar-refractivity contribution in [1.29, 1.82) is 0 Å². The lowest BCUT2D eigenvalue weighted by Crippen LogP contribution is -2.37. The molecule has 0 atom stereocenters. The third-order valence-corrected chi connectivity index (χ3v) is 5.90. The second-order valence-corrected chi connectivity index (χ2v) is 8.28. The fourth-order valence-electron chi connectivity index (χ4n) is 3.33. The lowest BCUT2D eigenvalue weighted by atomic mass is 10.0. The normalized spacial score (nSPS) is 11.1. The summed E-state index contributed by atoms with van der Waals surface area (Å²) in [6.07, 6.45) is 0.291. The van der Waals surface area contributed by atoms with E-state index in [-0.39, 0.29) is 24.1 Å². The summed E-state index contributed by atoms with van der Waals surface area (Å²) in [7, 11) is 3.95. The molecule has 4 nitrogen and oxygen atoms in total. The van der Waals surface area contributed by atoms with Crippen LogP contribution < -0.4 is 4.90 Å². The van der Waals surface area contributed by atoms with Gasteiger partial charge in [-0.2, -0.15) is 0 Å². The topological polar surface area (TPSA) is 36.4 Å². The molecule has 0 saturated carbocycles. The van der Waals surface area contributed by atoms with E-state index in [0.29, 0.717) is 30.2 Å². The molecular weight excluding hydrogens is 421 g/mol. The van der Waals surface area contributed by atoms with Gasteiger partial charge in [-0.1, -0.05) is 53.8 Å². The van der Waals surface area contributed by atoms with Crippen LogP contribution in [0.1, 0.15) is 5.56 Å². The maximum atomic E-state index is 13.6. The molecule has 7 heteroatoms. The van der Waals surface area contributed by atoms with Gasteiger partial charge in [-0.05, 0) is 48.6 Å². The van der Waals surface area contributed by atoms with Crippen LogP contribution in [0.4, 0.5) is 9.52 Å². The Labute approximate surface area is 185 Å². The van der Waals surface area contributed by atoms with Crippen molar-refractivity contribution in [2.75, 3.05) is 32.1 Å². The fourth-order valence-corrected chi connectivity index (χ4v) is 4.37. The van der Waals surface area contributed by atoms with E-state index >= 15 is 0 Å². The van der Waals surface area contributed by atoms with Crippen LogP contribution in [0.25, 0.3) is 21.0 Å². The Morgan fingerprint density at radius 3 is 2.60 bits per heavy atom. The third kappa shape index (κ3) is 4.78. The molecule has 0 bridgehead atoms. The molecule has 0 fully saturated rings. The Morgan fingerprint density at radius 1 is 1.03 bits per heavy atom. The van der Waals surface area contributed by atoms with Crippen LogP contribution in [0, 0.1) is 5.82 Å². The lowest BCUT2D eigenvalue weighted by molar-refractivity contribution is -0.118. The molecule has 0 radical (unpaired) electrons. The summed E-state index contributed by atoms with van der Waals surface area (Å²) in [5.74, 6) is -0.308. The number of rotatable bonds is 6. The molecule has 156 valence electrons. The highest BCUT2D eigenvalue weighted by Gasteiger charge is 2.21. The van der Waals surface area contributed by atoms with Crippen LogP contribution >= 0.6 is 23.7 Å². The Balaban J connectivity index is 0.00000256. The average molecular weight is 444 g/mol. The zero-order valence-corrected chi connectivity index (χ0v) is 18.5. The van der Waals surface area contributed by atoms with Crippen molar-refractivity contribution in [2.24, 2.45) is 0 Å². The molecule has 0 N–H and O–H groups in total. The van der Waals surface area contributed by atoms with Crippen molar-refractivity contribution < 1.29 is 9.18 Å². The fraction of sp³-hybridized carbons (Fsp3) is 0.217. The first-order valence-electron chi connectivity index (χ1n) is 9.49. The van der Waals surface area contributed by atoms with E-state index in [9.17, 15) is 9.18 Å². The summed E-state index contributed by atoms with van der Waals surface area (Å²) in [6.45, 7) is 1.24. The van der Waals surface area contributed by atoms with E-state index in [2.05, 4.69) is 17.1 Å². The lowest BCUT2D eigenvalue weighted by Gasteiger charge is -2.22. The zero-order chi connectivity index (χ0) is 20.4. The van der Waals surface area contributed by atoms with Gasteiger partial charge in [0.15, 0.2) is 5.13 Å². The van der Waals surface area contributed by atoms with Gasteiger partial charge in [-0.25, -0.2) is 9.37 Å². The van der Waals surface area contributed by atoms with Crippen LogP contribution in [0.5, 0.6) is 0 Å². The van der Waals surface area contributed by atoms with Gasteiger partial charge in [0.1, 0.15) is 5.82 Å². The van der Waals surface area contributed by atoms with Crippen LogP contribution in [0.15, 0.2) is 60.7 Å². The van der Waals surface area contributed by atoms with Gasteiger partial charge in [0.25, 0.3) is 0 Å². The molecule has 3 aromatic carbocycles. The number of carbonyl (C=O) groups is 1. The molecular formula is C23H23ClFN3OS. The number of anilines is 1. The molecule has 0 saturated heterocycles. The van der Waals surface area contributed by atoms with E-state index in [4.69, 9.17) is 0 Å². The van der Waals surface area contributed by atoms with Gasteiger partial charge < -0.3 is 4.90 Å². The number of benzene rings is 3. The van der Waals surface area contributed by atoms with Crippen LogP contribution in [0.2, 0.25) is 0 Å². The van der Waals surface area contributed by atoms with Crippen LogP contribution in [-0.4, -0.2) is 43.0 Å². The molecule has 0 unspecified atom stereocenters. The minimum absolute atomic E-state index is 0. The molecule has 4 aromatic rings. The smallest absolute Gasteiger partial charge is 0.233 e. The first-order valence-corrected chi connectivity index (χ1v) is 10.3. The van der Waals surface area contributed by atoms with Gasteiger partial charge in [-0.15, -0.1) is 12.4 Å². The highest BCUT2D eigenvalue weighted by Crippen LogP contribution is 2.30. The summed E-state index contributed by atoms with van der Waals surface area (Å²) >= 11 is 1.35. The Morgan fingerprint density at radius 2 is 1.80 bits per heavy atom. The van der Waals surface area contributed by atoms with E-state index < -0.39 is 0 Å². The van der Waals surface area contributed by atoms with E-state index in [1.54, 1.807) is 11.0 Å². The number of fused-ring (bicyclic) bond motifs is 2. The molecule has 4 rings (SSSR count). The second-order valence-electron chi connectivity index (χ2n) is 7.27. The van der Waals surface area contributed by atoms with Gasteiger partial charge >= 0.3 is 0 Å². The van der Waals surface area contributed by atoms with Crippen molar-refractivity contribution in [3.05, 3.63) is 72.0 Å². The molecule has 0 aliphatic rings. The number of likely N-dealkylation sites (N-methyl/N-ethyl adjacent to an activating group) is 1. The predicted octanol–water partition coefficient (Wildman–Crippen LogP) is 5.15. The standard InChI is InChI=1S/C23H22FN3OS.ClH/c1-26(2)12-13-27(23-25-20-11-10-18(24)15-21(20)29-23)22(28)14-17-8-5-7-16-6-3-4-9-19(16)17;/h3-11,15H,12-14H2,1-2H3;1H. The predicted molar refractivity (Wildman–Crippen MR) is 125 cm³/mol. The molecule has 0 aliphatic carbocycles. The number of hydrogen-bond donors (Lipinski definition) is 0. The quantitative estimate of drug-likeness (QED) is 0.413. The zero-order valence-electron chi connectivity index (χ0n) is 16.8. The minimum Gasteiger partial charge on any atom is -0.308 e. The Hall–Kier alpha value is -2.54. The monoisotopic (exact) mass is 443 g/mol. The number of carbonyl (C=O) groups excluding carboxylic acids is 1. The molecule has 0 spiro atoms. The number of amides is 1. The van der Waals surface area contributed by atoms with Crippen molar-refractivity contribution >= 4 is 55.8 Å². The SMILES string of the molecule is CN(C)CCN(C(=O)Cc1cccc2ccccc12)c1nc2ccc(F)cc2s1.Cl. The Bertz CT molecular complexity index is 1170. The highest BCUT2D eigenvalue weighted by atomic mass is 35.5. The number of nitrogens with zero attached hydrogens (tertiary/aromatic N) is 3. The van der Waals surface area contributed by atoms with Crippen molar-refractivity contribution in [3.63, 3.8) is 0 Å². The summed E-state index contributed by atoms with van der Waals surface area (Å²) in [6, 6.07) is 18.6. The van der Waals surface area contributed by atoms with Crippen LogP contribution in [-0.2, 0) is 11.2 Å². The van der Waals surface area contributed by atoms with E-state index in [0.717, 1.165) is 21.0 Å². The largest absolute Gasteiger partial charge is 0.308 e. The first-order chi connectivity index (χ1) is 14.0. The summed E-state index contributed by atoms with van der Waals surface area (Å²) in [4.78, 5) is 21.7. The second kappa shape index (κ2) is 9.51.